The Balaban J connectivity index is 1.27. The van der Waals surface area contributed by atoms with E-state index in [2.05, 4.69) is 25.4 Å². The maximum Gasteiger partial charge on any atom is 0.213 e. The molecule has 6 rings (SSSR count). The lowest BCUT2D eigenvalue weighted by molar-refractivity contribution is 0.205. The molecule has 0 unspecified atom stereocenters. The van der Waals surface area contributed by atoms with Gasteiger partial charge in [0.2, 0.25) is 5.88 Å². The van der Waals surface area contributed by atoms with Crippen molar-refractivity contribution in [2.45, 2.75) is 50.2 Å². The summed E-state index contributed by atoms with van der Waals surface area (Å²) >= 11 is 0. The summed E-state index contributed by atoms with van der Waals surface area (Å²) in [5.41, 5.74) is 3.00. The normalized spacial score (nSPS) is 23.7. The number of nitrogens with zero attached hydrogens (tertiary/aromatic N) is 4. The summed E-state index contributed by atoms with van der Waals surface area (Å²) in [6.07, 6.45) is 7.82. The molecule has 176 valence electrons. The van der Waals surface area contributed by atoms with Gasteiger partial charge < -0.3 is 24.8 Å². The van der Waals surface area contributed by atoms with E-state index in [1.165, 1.54) is 19.3 Å². The largest absolute Gasteiger partial charge is 0.507 e. The van der Waals surface area contributed by atoms with Crippen molar-refractivity contribution >= 4 is 5.82 Å². The molecule has 3 aliphatic heterocycles. The quantitative estimate of drug-likeness (QED) is 0.609. The van der Waals surface area contributed by atoms with Gasteiger partial charge in [-0.15, -0.1) is 10.2 Å². The van der Waals surface area contributed by atoms with Crippen molar-refractivity contribution in [2.75, 3.05) is 25.2 Å². The van der Waals surface area contributed by atoms with Crippen LogP contribution < -0.4 is 19.7 Å². The molecule has 8 heteroatoms. The highest BCUT2D eigenvalue weighted by atomic mass is 16.5. The standard InChI is InChI=1S/C26H29N5O3/c1-33-25-12-17(7-8-27-25)16-5-6-21(23(32)11-16)22-15-24-26(30-29-22)31(9-10-34-24)20-13-18-3-2-4-19(14-20)28-18/h5-8,11-12,15,18-20,28,32H,2-4,9-10,13-14H2,1H3/t18-,19-/m0/s1. The lowest BCUT2D eigenvalue weighted by Gasteiger charge is -2.46. The zero-order valence-electron chi connectivity index (χ0n) is 19.3. The van der Waals surface area contributed by atoms with Gasteiger partial charge in [-0.05, 0) is 55.0 Å². The van der Waals surface area contributed by atoms with Crippen molar-refractivity contribution < 1.29 is 14.6 Å². The van der Waals surface area contributed by atoms with Crippen LogP contribution in [-0.2, 0) is 0 Å². The van der Waals surface area contributed by atoms with Gasteiger partial charge in [-0.3, -0.25) is 0 Å². The molecule has 0 amide bonds. The Labute approximate surface area is 199 Å². The zero-order valence-corrected chi connectivity index (χ0v) is 19.3. The van der Waals surface area contributed by atoms with Crippen LogP contribution in [0.5, 0.6) is 17.4 Å². The van der Waals surface area contributed by atoms with Crippen LogP contribution in [0.25, 0.3) is 22.4 Å². The molecule has 3 aromatic rings. The minimum atomic E-state index is 0.140. The molecule has 2 saturated heterocycles. The summed E-state index contributed by atoms with van der Waals surface area (Å²) in [6.45, 7) is 1.46. The number of anilines is 1. The number of hydrogen-bond acceptors (Lipinski definition) is 8. The van der Waals surface area contributed by atoms with Crippen molar-refractivity contribution in [1.82, 2.24) is 20.5 Å². The molecule has 0 radical (unpaired) electrons. The fourth-order valence-corrected chi connectivity index (χ4v) is 5.64. The molecular weight excluding hydrogens is 430 g/mol. The van der Waals surface area contributed by atoms with Gasteiger partial charge in [-0.25, -0.2) is 4.98 Å². The molecule has 2 aromatic heterocycles. The number of nitrogens with one attached hydrogen (secondary N) is 1. The van der Waals surface area contributed by atoms with Gasteiger partial charge in [0.05, 0.1) is 13.7 Å². The van der Waals surface area contributed by atoms with Crippen LogP contribution >= 0.6 is 0 Å². The van der Waals surface area contributed by atoms with E-state index in [1.54, 1.807) is 19.4 Å². The second-order valence-corrected chi connectivity index (χ2v) is 9.39. The van der Waals surface area contributed by atoms with E-state index < -0.39 is 0 Å². The number of fused-ring (bicyclic) bond motifs is 3. The Morgan fingerprint density at radius 3 is 2.68 bits per heavy atom. The number of phenolic OH excluding ortho intramolecular Hbond substituents is 1. The lowest BCUT2D eigenvalue weighted by atomic mass is 9.83. The lowest BCUT2D eigenvalue weighted by Crippen LogP contribution is -2.56. The summed E-state index contributed by atoms with van der Waals surface area (Å²) in [4.78, 5) is 6.53. The maximum absolute atomic E-state index is 10.8. The van der Waals surface area contributed by atoms with Gasteiger partial charge in [-0.1, -0.05) is 12.5 Å². The average Bonchev–Trinajstić information content (AvgIpc) is 2.87. The molecule has 2 fully saturated rings. The van der Waals surface area contributed by atoms with Gasteiger partial charge in [0.1, 0.15) is 18.1 Å². The number of benzene rings is 1. The van der Waals surface area contributed by atoms with Gasteiger partial charge >= 0.3 is 0 Å². The number of pyridine rings is 1. The molecular formula is C26H29N5O3. The Kier molecular flexibility index (Phi) is 5.45. The Hall–Kier alpha value is -3.39. The number of phenols is 1. The first-order valence-corrected chi connectivity index (χ1v) is 12.0. The van der Waals surface area contributed by atoms with E-state index in [-0.39, 0.29) is 5.75 Å². The van der Waals surface area contributed by atoms with Crippen LogP contribution in [-0.4, -0.2) is 58.7 Å². The smallest absolute Gasteiger partial charge is 0.213 e. The molecule has 8 nitrogen and oxygen atoms in total. The van der Waals surface area contributed by atoms with Crippen molar-refractivity contribution in [1.29, 1.82) is 0 Å². The molecule has 3 aliphatic rings. The topological polar surface area (TPSA) is 92.6 Å². The van der Waals surface area contributed by atoms with E-state index in [4.69, 9.17) is 9.47 Å². The summed E-state index contributed by atoms with van der Waals surface area (Å²) in [7, 11) is 1.58. The highest BCUT2D eigenvalue weighted by Gasteiger charge is 2.36. The first-order valence-electron chi connectivity index (χ1n) is 12.0. The second kappa shape index (κ2) is 8.76. The molecule has 2 N–H and O–H groups in total. The molecule has 5 heterocycles. The molecule has 34 heavy (non-hydrogen) atoms. The summed E-state index contributed by atoms with van der Waals surface area (Å²) in [5.74, 6) is 2.23. The van der Waals surface area contributed by atoms with E-state index in [0.29, 0.717) is 41.9 Å². The molecule has 0 aliphatic carbocycles. The van der Waals surface area contributed by atoms with Crippen LogP contribution in [0, 0.1) is 0 Å². The first kappa shape index (κ1) is 21.2. The molecule has 0 saturated carbocycles. The van der Waals surface area contributed by atoms with Crippen molar-refractivity contribution in [3.63, 3.8) is 0 Å². The van der Waals surface area contributed by atoms with E-state index in [9.17, 15) is 5.11 Å². The number of hydrogen-bond donors (Lipinski definition) is 2. The van der Waals surface area contributed by atoms with Crippen molar-refractivity contribution in [2.24, 2.45) is 0 Å². The number of piperidine rings is 2. The zero-order chi connectivity index (χ0) is 23.1. The third-order valence-electron chi connectivity index (χ3n) is 7.28. The second-order valence-electron chi connectivity index (χ2n) is 9.39. The summed E-state index contributed by atoms with van der Waals surface area (Å²) < 4.78 is 11.2. The van der Waals surface area contributed by atoms with Crippen LogP contribution in [0.2, 0.25) is 0 Å². The minimum Gasteiger partial charge on any atom is -0.507 e. The number of aromatic hydroxyl groups is 1. The fourth-order valence-electron chi connectivity index (χ4n) is 5.64. The first-order chi connectivity index (χ1) is 16.7. The monoisotopic (exact) mass is 459 g/mol. The SMILES string of the molecule is COc1cc(-c2ccc(-c3cc4c(nn3)N(C3C[C@@H]5CCC[C@@H](C3)N5)CCO4)c(O)c2)ccn1. The number of ether oxygens (including phenoxy) is 2. The predicted molar refractivity (Wildman–Crippen MR) is 129 cm³/mol. The van der Waals surface area contributed by atoms with E-state index >= 15 is 0 Å². The highest BCUT2D eigenvalue weighted by molar-refractivity contribution is 5.75. The number of methoxy groups -OCH3 is 1. The molecule has 0 spiro atoms. The molecule has 2 bridgehead atoms. The van der Waals surface area contributed by atoms with E-state index in [1.807, 2.05) is 30.3 Å². The van der Waals surface area contributed by atoms with E-state index in [0.717, 1.165) is 42.1 Å². The Bertz CT molecular complexity index is 1190. The van der Waals surface area contributed by atoms with Crippen LogP contribution in [0.4, 0.5) is 5.82 Å². The predicted octanol–water partition coefficient (Wildman–Crippen LogP) is 3.79. The molecule has 1 aromatic carbocycles. The number of rotatable bonds is 4. The molecule has 2 atom stereocenters. The van der Waals surface area contributed by atoms with Crippen LogP contribution in [0.3, 0.4) is 0 Å². The minimum absolute atomic E-state index is 0.140. The van der Waals surface area contributed by atoms with Crippen LogP contribution in [0.1, 0.15) is 32.1 Å². The average molecular weight is 460 g/mol. The van der Waals surface area contributed by atoms with Gasteiger partial charge in [-0.2, -0.15) is 0 Å². The Morgan fingerprint density at radius 1 is 1.06 bits per heavy atom. The third-order valence-corrected chi connectivity index (χ3v) is 7.28. The highest BCUT2D eigenvalue weighted by Crippen LogP contribution is 2.39. The maximum atomic E-state index is 10.8. The van der Waals surface area contributed by atoms with Crippen molar-refractivity contribution in [3.8, 4) is 39.8 Å². The number of aromatic nitrogens is 3. The fraction of sp³-hybridized carbons (Fsp3) is 0.423. The van der Waals surface area contributed by atoms with Gasteiger partial charge in [0.25, 0.3) is 0 Å². The third kappa shape index (κ3) is 3.92. The summed E-state index contributed by atoms with van der Waals surface area (Å²) in [5, 5.41) is 23.7. The van der Waals surface area contributed by atoms with Crippen LogP contribution in [0.15, 0.2) is 42.6 Å². The van der Waals surface area contributed by atoms with Gasteiger partial charge in [0, 0.05) is 42.0 Å². The van der Waals surface area contributed by atoms with Gasteiger partial charge in [0.15, 0.2) is 11.6 Å². The Morgan fingerprint density at radius 2 is 1.88 bits per heavy atom. The summed E-state index contributed by atoms with van der Waals surface area (Å²) in [6, 6.07) is 12.8. The van der Waals surface area contributed by atoms with Crippen molar-refractivity contribution in [3.05, 3.63) is 42.6 Å².